The van der Waals surface area contributed by atoms with Crippen LogP contribution in [0, 0.1) is 0 Å². The molecule has 0 amide bonds. The van der Waals surface area contributed by atoms with E-state index in [9.17, 15) is 14.0 Å². The number of ether oxygens (including phenoxy) is 3. The molecule has 4 atom stereocenters. The van der Waals surface area contributed by atoms with Gasteiger partial charge in [0.1, 0.15) is 12.7 Å². The molecule has 1 heterocycles. The maximum atomic E-state index is 14.6. The minimum absolute atomic E-state index is 0.224. The van der Waals surface area contributed by atoms with Crippen molar-refractivity contribution in [3.8, 4) is 0 Å². The molecule has 0 spiro atoms. The van der Waals surface area contributed by atoms with Gasteiger partial charge in [0.25, 0.3) is 0 Å². The van der Waals surface area contributed by atoms with Crippen molar-refractivity contribution in [3.05, 3.63) is 82.2 Å². The number of nitrogens with zero attached hydrogens (tertiary/aromatic N) is 3. The van der Waals surface area contributed by atoms with Gasteiger partial charge < -0.3 is 14.2 Å². The smallest absolute Gasteiger partial charge is 0.338 e. The summed E-state index contributed by atoms with van der Waals surface area (Å²) in [5, 5.41) is 3.22. The molecule has 0 radical (unpaired) electrons. The Morgan fingerprint density at radius 3 is 2.18 bits per heavy atom. The van der Waals surface area contributed by atoms with Gasteiger partial charge in [-0.15, -0.1) is 0 Å². The predicted molar refractivity (Wildman–Crippen MR) is 95.1 cm³/mol. The molecule has 1 fully saturated rings. The van der Waals surface area contributed by atoms with Crippen molar-refractivity contribution < 1.29 is 28.2 Å². The van der Waals surface area contributed by atoms with E-state index in [0.717, 1.165) is 0 Å². The first kappa shape index (κ1) is 19.3. The van der Waals surface area contributed by atoms with E-state index in [-0.39, 0.29) is 12.2 Å². The largest absolute Gasteiger partial charge is 0.459 e. The zero-order valence-corrected chi connectivity index (χ0v) is 14.6. The van der Waals surface area contributed by atoms with Crippen LogP contribution in [0.1, 0.15) is 20.7 Å². The lowest BCUT2D eigenvalue weighted by Gasteiger charge is -2.20. The predicted octanol–water partition coefficient (Wildman–Crippen LogP) is 3.44. The number of carbonyl (C=O) groups is 2. The van der Waals surface area contributed by atoms with Crippen molar-refractivity contribution in [3.63, 3.8) is 0 Å². The summed E-state index contributed by atoms with van der Waals surface area (Å²) in [6.07, 6.45) is -5.90. The van der Waals surface area contributed by atoms with Crippen molar-refractivity contribution in [2.75, 3.05) is 6.61 Å². The molecule has 1 aliphatic heterocycles. The van der Waals surface area contributed by atoms with Crippen LogP contribution in [0.3, 0.4) is 0 Å². The molecule has 1 unspecified atom stereocenters. The average Bonchev–Trinajstić information content (AvgIpc) is 3.02. The van der Waals surface area contributed by atoms with Crippen molar-refractivity contribution in [1.82, 2.24) is 0 Å². The monoisotopic (exact) mass is 385 g/mol. The Balaban J connectivity index is 1.70. The van der Waals surface area contributed by atoms with Crippen LogP contribution in [-0.4, -0.2) is 43.2 Å². The third-order valence-corrected chi connectivity index (χ3v) is 4.07. The summed E-state index contributed by atoms with van der Waals surface area (Å²) in [5.74, 6) is -1.40. The molecule has 2 aromatic rings. The van der Waals surface area contributed by atoms with E-state index in [1.807, 2.05) is 0 Å². The number of hydrogen-bond donors (Lipinski definition) is 0. The quantitative estimate of drug-likeness (QED) is 0.327. The van der Waals surface area contributed by atoms with Crippen molar-refractivity contribution in [2.24, 2.45) is 5.11 Å². The van der Waals surface area contributed by atoms with Crippen LogP contribution >= 0.6 is 0 Å². The third-order valence-electron chi connectivity index (χ3n) is 4.07. The van der Waals surface area contributed by atoms with Crippen molar-refractivity contribution >= 4 is 11.9 Å². The van der Waals surface area contributed by atoms with Crippen LogP contribution in [0.25, 0.3) is 10.4 Å². The second kappa shape index (κ2) is 8.98. The van der Waals surface area contributed by atoms with E-state index in [2.05, 4.69) is 10.0 Å². The molecule has 1 aliphatic rings. The minimum atomic E-state index is -1.90. The van der Waals surface area contributed by atoms with Crippen LogP contribution in [0.4, 0.5) is 4.39 Å². The van der Waals surface area contributed by atoms with Crippen molar-refractivity contribution in [1.29, 1.82) is 0 Å². The first-order chi connectivity index (χ1) is 13.6. The number of benzene rings is 2. The summed E-state index contributed by atoms with van der Waals surface area (Å²) in [4.78, 5) is 26.9. The SMILES string of the molecule is [N-]=[N+]=NC1O[C@H](COC(=O)c2ccccc2)[C@@H](OC(=O)c2ccccc2)[C@@H]1F. The van der Waals surface area contributed by atoms with Gasteiger partial charge in [-0.05, 0) is 29.8 Å². The maximum absolute atomic E-state index is 14.6. The Bertz CT molecular complexity index is 874. The number of esters is 2. The fourth-order valence-electron chi connectivity index (χ4n) is 2.70. The van der Waals surface area contributed by atoms with E-state index >= 15 is 0 Å². The Kier molecular flexibility index (Phi) is 6.21. The van der Waals surface area contributed by atoms with Crippen molar-refractivity contribution in [2.45, 2.75) is 24.6 Å². The molecule has 1 saturated heterocycles. The maximum Gasteiger partial charge on any atom is 0.338 e. The Morgan fingerprint density at radius 1 is 1.04 bits per heavy atom. The second-order valence-corrected chi connectivity index (χ2v) is 5.91. The second-order valence-electron chi connectivity index (χ2n) is 5.91. The number of rotatable bonds is 6. The standard InChI is InChI=1S/C19H16FN3O5/c20-15-16(28-19(25)13-9-5-2-6-10-13)14(27-17(15)22-23-21)11-26-18(24)12-7-3-1-4-8-12/h1-10,14-17H,11H2/t14-,15+,16-,17?/m1/s1. The molecule has 28 heavy (non-hydrogen) atoms. The molecular weight excluding hydrogens is 369 g/mol. The van der Waals surface area contributed by atoms with E-state index in [1.54, 1.807) is 48.5 Å². The van der Waals surface area contributed by atoms with Gasteiger partial charge in [0.05, 0.1) is 11.1 Å². The highest BCUT2D eigenvalue weighted by atomic mass is 19.1. The van der Waals surface area contributed by atoms with Gasteiger partial charge in [-0.25, -0.2) is 14.0 Å². The van der Waals surface area contributed by atoms with E-state index < -0.39 is 36.5 Å². The number of hydrogen-bond acceptors (Lipinski definition) is 6. The molecule has 8 nitrogen and oxygen atoms in total. The first-order valence-electron chi connectivity index (χ1n) is 8.42. The van der Waals surface area contributed by atoms with Gasteiger partial charge >= 0.3 is 11.9 Å². The molecule has 0 N–H and O–H groups in total. The fraction of sp³-hybridized carbons (Fsp3) is 0.263. The summed E-state index contributed by atoms with van der Waals surface area (Å²) < 4.78 is 30.3. The Hall–Kier alpha value is -3.42. The lowest BCUT2D eigenvalue weighted by molar-refractivity contribution is -0.0416. The van der Waals surface area contributed by atoms with Crippen LogP contribution in [0.5, 0.6) is 0 Å². The number of azide groups is 1. The topological polar surface area (TPSA) is 111 Å². The molecule has 0 bridgehead atoms. The molecule has 0 aliphatic carbocycles. The molecule has 144 valence electrons. The van der Waals surface area contributed by atoms with Crippen LogP contribution in [0.2, 0.25) is 0 Å². The van der Waals surface area contributed by atoms with Crippen LogP contribution in [-0.2, 0) is 14.2 Å². The molecule has 2 aromatic carbocycles. The van der Waals surface area contributed by atoms with Crippen LogP contribution < -0.4 is 0 Å². The summed E-state index contributed by atoms with van der Waals surface area (Å²) in [6, 6.07) is 16.2. The zero-order chi connectivity index (χ0) is 19.9. The molecule has 3 rings (SSSR count). The molecule has 0 saturated carbocycles. The minimum Gasteiger partial charge on any atom is -0.459 e. The van der Waals surface area contributed by atoms with Gasteiger partial charge in [-0.2, -0.15) is 0 Å². The number of carbonyl (C=O) groups excluding carboxylic acids is 2. The lowest BCUT2D eigenvalue weighted by Crippen LogP contribution is -2.37. The van der Waals surface area contributed by atoms with Crippen LogP contribution in [0.15, 0.2) is 65.8 Å². The number of halogens is 1. The highest BCUT2D eigenvalue weighted by Crippen LogP contribution is 2.29. The van der Waals surface area contributed by atoms with Gasteiger partial charge in [-0.1, -0.05) is 41.5 Å². The lowest BCUT2D eigenvalue weighted by atomic mass is 10.1. The summed E-state index contributed by atoms with van der Waals surface area (Å²) in [5.41, 5.74) is 9.09. The molecular formula is C19H16FN3O5. The van der Waals surface area contributed by atoms with Gasteiger partial charge in [-0.3, -0.25) is 0 Å². The number of alkyl halides is 1. The first-order valence-corrected chi connectivity index (χ1v) is 8.42. The van der Waals surface area contributed by atoms with Gasteiger partial charge in [0, 0.05) is 4.91 Å². The summed E-state index contributed by atoms with van der Waals surface area (Å²) in [7, 11) is 0. The highest BCUT2D eigenvalue weighted by Gasteiger charge is 2.48. The Labute approximate surface area is 159 Å². The van der Waals surface area contributed by atoms with E-state index in [4.69, 9.17) is 19.7 Å². The zero-order valence-electron chi connectivity index (χ0n) is 14.6. The normalized spacial score (nSPS) is 23.5. The molecule has 9 heteroatoms. The summed E-state index contributed by atoms with van der Waals surface area (Å²) >= 11 is 0. The van der Waals surface area contributed by atoms with Gasteiger partial charge in [0.15, 0.2) is 18.5 Å². The third kappa shape index (κ3) is 4.46. The fourth-order valence-corrected chi connectivity index (χ4v) is 2.70. The summed E-state index contributed by atoms with van der Waals surface area (Å²) in [6.45, 7) is -0.377. The molecule has 0 aromatic heterocycles. The average molecular weight is 385 g/mol. The van der Waals surface area contributed by atoms with E-state index in [1.165, 1.54) is 12.1 Å². The highest BCUT2D eigenvalue weighted by molar-refractivity contribution is 5.90. The van der Waals surface area contributed by atoms with Gasteiger partial charge in [0.2, 0.25) is 0 Å². The Morgan fingerprint density at radius 2 is 1.61 bits per heavy atom. The van der Waals surface area contributed by atoms with E-state index in [0.29, 0.717) is 5.56 Å².